The van der Waals surface area contributed by atoms with Crippen molar-refractivity contribution in [2.75, 3.05) is 25.6 Å². The number of alkyl halides is 1. The Morgan fingerprint density at radius 2 is 2.40 bits per heavy atom. The summed E-state index contributed by atoms with van der Waals surface area (Å²) in [5.41, 5.74) is 1.12. The quantitative estimate of drug-likeness (QED) is 0.848. The van der Waals surface area contributed by atoms with Crippen LogP contribution in [-0.4, -0.2) is 30.6 Å². The first-order chi connectivity index (χ1) is 7.13. The molecule has 3 nitrogen and oxygen atoms in total. The molecule has 84 valence electrons. The lowest BCUT2D eigenvalue weighted by molar-refractivity contribution is 0.200. The van der Waals surface area contributed by atoms with Crippen LogP contribution in [0.5, 0.6) is 0 Å². The molecule has 1 rings (SSSR count). The van der Waals surface area contributed by atoms with Gasteiger partial charge in [0.05, 0.1) is 16.5 Å². The summed E-state index contributed by atoms with van der Waals surface area (Å²) in [5.74, 6) is 0.808. The van der Waals surface area contributed by atoms with E-state index in [9.17, 15) is 0 Å². The molecule has 0 fully saturated rings. The van der Waals surface area contributed by atoms with E-state index in [0.717, 1.165) is 15.9 Å². The zero-order chi connectivity index (χ0) is 11.3. The molecule has 1 heterocycles. The summed E-state index contributed by atoms with van der Waals surface area (Å²) >= 11 is 9.42. The van der Waals surface area contributed by atoms with E-state index in [1.165, 1.54) is 0 Å². The number of nitrogens with zero attached hydrogens (tertiary/aromatic N) is 1. The summed E-state index contributed by atoms with van der Waals surface area (Å²) in [6.45, 7) is 3.15. The summed E-state index contributed by atoms with van der Waals surface area (Å²) in [6, 6.07) is 2.01. The van der Waals surface area contributed by atoms with Crippen LogP contribution in [0.25, 0.3) is 0 Å². The molecule has 0 saturated heterocycles. The fourth-order valence-corrected chi connectivity index (χ4v) is 1.92. The Kier molecular flexibility index (Phi) is 5.36. The number of ether oxygens (including phenoxy) is 1. The van der Waals surface area contributed by atoms with Crippen molar-refractivity contribution in [3.8, 4) is 0 Å². The molecule has 0 radical (unpaired) electrons. The standard InChI is InChI=1S/C10H14BrClN2O/c1-7-3-9(11)10(13-4-7)14-5-8(12)6-15-2/h3-4,8H,5-6H2,1-2H3,(H,13,14). The number of aromatic nitrogens is 1. The molecule has 1 aromatic rings. The third-order valence-electron chi connectivity index (χ3n) is 1.82. The van der Waals surface area contributed by atoms with E-state index in [0.29, 0.717) is 13.2 Å². The number of pyridine rings is 1. The fraction of sp³-hybridized carbons (Fsp3) is 0.500. The van der Waals surface area contributed by atoms with Crippen LogP contribution in [0.1, 0.15) is 5.56 Å². The van der Waals surface area contributed by atoms with E-state index >= 15 is 0 Å². The van der Waals surface area contributed by atoms with Gasteiger partial charge in [-0.05, 0) is 34.5 Å². The summed E-state index contributed by atoms with van der Waals surface area (Å²) in [4.78, 5) is 4.25. The first-order valence-electron chi connectivity index (χ1n) is 4.62. The lowest BCUT2D eigenvalue weighted by atomic mass is 10.3. The SMILES string of the molecule is COCC(Cl)CNc1ncc(C)cc1Br. The molecule has 5 heteroatoms. The van der Waals surface area contributed by atoms with Crippen molar-refractivity contribution in [3.63, 3.8) is 0 Å². The Morgan fingerprint density at radius 1 is 1.67 bits per heavy atom. The van der Waals surface area contributed by atoms with Crippen molar-refractivity contribution in [1.82, 2.24) is 4.98 Å². The molecule has 0 amide bonds. The normalized spacial score (nSPS) is 12.5. The minimum atomic E-state index is -0.0509. The minimum Gasteiger partial charge on any atom is -0.383 e. The first-order valence-corrected chi connectivity index (χ1v) is 5.85. The Hall–Kier alpha value is -0.320. The number of aryl methyl sites for hydroxylation is 1. The van der Waals surface area contributed by atoms with Crippen molar-refractivity contribution in [1.29, 1.82) is 0 Å². The number of halogens is 2. The highest BCUT2D eigenvalue weighted by atomic mass is 79.9. The molecular weight excluding hydrogens is 279 g/mol. The predicted molar refractivity (Wildman–Crippen MR) is 66.7 cm³/mol. The van der Waals surface area contributed by atoms with Gasteiger partial charge in [-0.1, -0.05) is 0 Å². The molecule has 0 aliphatic heterocycles. The van der Waals surface area contributed by atoms with Crippen LogP contribution in [0, 0.1) is 6.92 Å². The summed E-state index contributed by atoms with van der Waals surface area (Å²) in [6.07, 6.45) is 1.81. The van der Waals surface area contributed by atoms with Gasteiger partial charge in [0.15, 0.2) is 0 Å². The average Bonchev–Trinajstić information content (AvgIpc) is 2.17. The molecule has 1 unspecified atom stereocenters. The smallest absolute Gasteiger partial charge is 0.140 e. The van der Waals surface area contributed by atoms with E-state index < -0.39 is 0 Å². The van der Waals surface area contributed by atoms with Crippen molar-refractivity contribution < 1.29 is 4.74 Å². The zero-order valence-electron chi connectivity index (χ0n) is 8.76. The van der Waals surface area contributed by atoms with Crippen molar-refractivity contribution in [2.45, 2.75) is 12.3 Å². The zero-order valence-corrected chi connectivity index (χ0v) is 11.1. The topological polar surface area (TPSA) is 34.1 Å². The highest BCUT2D eigenvalue weighted by molar-refractivity contribution is 9.10. The van der Waals surface area contributed by atoms with Crippen LogP contribution < -0.4 is 5.32 Å². The highest BCUT2D eigenvalue weighted by Gasteiger charge is 2.06. The van der Waals surface area contributed by atoms with Gasteiger partial charge in [0.25, 0.3) is 0 Å². The van der Waals surface area contributed by atoms with Gasteiger partial charge in [-0.25, -0.2) is 4.98 Å². The van der Waals surface area contributed by atoms with Gasteiger partial charge in [0.2, 0.25) is 0 Å². The molecule has 0 aliphatic rings. The predicted octanol–water partition coefficient (Wildman–Crippen LogP) is 2.82. The van der Waals surface area contributed by atoms with Gasteiger partial charge >= 0.3 is 0 Å². The van der Waals surface area contributed by atoms with E-state index in [2.05, 4.69) is 26.2 Å². The number of anilines is 1. The molecule has 0 spiro atoms. The second-order valence-electron chi connectivity index (χ2n) is 3.28. The van der Waals surface area contributed by atoms with Crippen LogP contribution in [0.2, 0.25) is 0 Å². The third-order valence-corrected chi connectivity index (χ3v) is 2.70. The first kappa shape index (κ1) is 12.7. The van der Waals surface area contributed by atoms with Gasteiger partial charge < -0.3 is 10.1 Å². The van der Waals surface area contributed by atoms with Crippen molar-refractivity contribution >= 4 is 33.3 Å². The lowest BCUT2D eigenvalue weighted by Gasteiger charge is -2.11. The molecule has 0 bridgehead atoms. The summed E-state index contributed by atoms with van der Waals surface area (Å²) < 4.78 is 5.89. The molecule has 15 heavy (non-hydrogen) atoms. The van der Waals surface area contributed by atoms with E-state index in [-0.39, 0.29) is 5.38 Å². The maximum Gasteiger partial charge on any atom is 0.140 e. The number of methoxy groups -OCH3 is 1. The molecule has 0 saturated carbocycles. The van der Waals surface area contributed by atoms with Gasteiger partial charge in [0.1, 0.15) is 5.82 Å². The summed E-state index contributed by atoms with van der Waals surface area (Å²) in [5, 5.41) is 3.10. The van der Waals surface area contributed by atoms with Crippen LogP contribution in [-0.2, 0) is 4.74 Å². The number of nitrogens with one attached hydrogen (secondary N) is 1. The number of hydrogen-bond donors (Lipinski definition) is 1. The molecule has 0 aromatic carbocycles. The number of hydrogen-bond acceptors (Lipinski definition) is 3. The van der Waals surface area contributed by atoms with Crippen LogP contribution in [0.3, 0.4) is 0 Å². The van der Waals surface area contributed by atoms with E-state index in [1.807, 2.05) is 19.2 Å². The van der Waals surface area contributed by atoms with E-state index in [1.54, 1.807) is 7.11 Å². The van der Waals surface area contributed by atoms with Crippen molar-refractivity contribution in [2.24, 2.45) is 0 Å². The van der Waals surface area contributed by atoms with Gasteiger partial charge in [-0.3, -0.25) is 0 Å². The Morgan fingerprint density at radius 3 is 3.00 bits per heavy atom. The Balaban J connectivity index is 2.50. The van der Waals surface area contributed by atoms with Crippen LogP contribution in [0.15, 0.2) is 16.7 Å². The largest absolute Gasteiger partial charge is 0.383 e. The Bertz CT molecular complexity index is 322. The number of rotatable bonds is 5. The lowest BCUT2D eigenvalue weighted by Crippen LogP contribution is -2.19. The molecule has 1 N–H and O–H groups in total. The molecule has 0 aliphatic carbocycles. The second-order valence-corrected chi connectivity index (χ2v) is 4.75. The average molecular weight is 294 g/mol. The van der Waals surface area contributed by atoms with Gasteiger partial charge in [-0.15, -0.1) is 11.6 Å². The fourth-order valence-electron chi connectivity index (χ4n) is 1.11. The summed E-state index contributed by atoms with van der Waals surface area (Å²) in [7, 11) is 1.63. The van der Waals surface area contributed by atoms with Crippen molar-refractivity contribution in [3.05, 3.63) is 22.3 Å². The maximum atomic E-state index is 5.98. The minimum absolute atomic E-state index is 0.0509. The second kappa shape index (κ2) is 6.30. The molecular formula is C10H14BrClN2O. The van der Waals surface area contributed by atoms with E-state index in [4.69, 9.17) is 16.3 Å². The highest BCUT2D eigenvalue weighted by Crippen LogP contribution is 2.20. The molecule has 1 aromatic heterocycles. The van der Waals surface area contributed by atoms with Crippen LogP contribution in [0.4, 0.5) is 5.82 Å². The van der Waals surface area contributed by atoms with Gasteiger partial charge in [0, 0.05) is 19.9 Å². The van der Waals surface area contributed by atoms with Crippen LogP contribution >= 0.6 is 27.5 Å². The monoisotopic (exact) mass is 292 g/mol. The third kappa shape index (κ3) is 4.36. The van der Waals surface area contributed by atoms with Gasteiger partial charge in [-0.2, -0.15) is 0 Å². The Labute approximate surface area is 103 Å². The maximum absolute atomic E-state index is 5.98. The molecule has 1 atom stereocenters.